The molecule has 0 aliphatic heterocycles. The van der Waals surface area contributed by atoms with Gasteiger partial charge in [0.2, 0.25) is 5.95 Å². The number of rotatable bonds is 5. The summed E-state index contributed by atoms with van der Waals surface area (Å²) in [6.45, 7) is 8.30. The normalized spacial score (nSPS) is 27.9. The molecule has 5 heteroatoms. The van der Waals surface area contributed by atoms with Gasteiger partial charge in [0.05, 0.1) is 5.69 Å². The molecule has 1 amide bonds. The van der Waals surface area contributed by atoms with Gasteiger partial charge in [-0.05, 0) is 37.5 Å². The van der Waals surface area contributed by atoms with Gasteiger partial charge in [0.15, 0.2) is 0 Å². The quantitative estimate of drug-likeness (QED) is 0.895. The molecule has 2 atom stereocenters. The highest BCUT2D eigenvalue weighted by atomic mass is 19.1. The van der Waals surface area contributed by atoms with Crippen LogP contribution in [0.15, 0.2) is 0 Å². The molecule has 1 heterocycles. The third kappa shape index (κ3) is 3.59. The van der Waals surface area contributed by atoms with E-state index in [1.165, 1.54) is 13.5 Å². The van der Waals surface area contributed by atoms with Gasteiger partial charge in [-0.15, -0.1) is 0 Å². The second-order valence-electron chi connectivity index (χ2n) is 6.96. The highest BCUT2D eigenvalue weighted by Crippen LogP contribution is 2.38. The number of nitrogens with zero attached hydrogens (tertiary/aromatic N) is 2. The van der Waals surface area contributed by atoms with E-state index >= 15 is 0 Å². The van der Waals surface area contributed by atoms with E-state index in [0.717, 1.165) is 36.3 Å². The van der Waals surface area contributed by atoms with Gasteiger partial charge in [-0.2, -0.15) is 9.49 Å². The number of carbonyl (C=O) groups is 1. The lowest BCUT2D eigenvalue weighted by atomic mass is 9.69. The smallest absolute Gasteiger partial charge is 0.258 e. The highest BCUT2D eigenvalue weighted by Gasteiger charge is 2.37. The van der Waals surface area contributed by atoms with Crippen molar-refractivity contribution in [2.24, 2.45) is 24.8 Å². The molecule has 1 aromatic heterocycles. The van der Waals surface area contributed by atoms with E-state index in [9.17, 15) is 9.18 Å². The molecule has 1 fully saturated rings. The number of hydrogen-bond acceptors (Lipinski definition) is 2. The molecule has 0 spiro atoms. The number of hydrogen-bond donors (Lipinski definition) is 1. The molecule has 0 saturated heterocycles. The van der Waals surface area contributed by atoms with E-state index in [2.05, 4.69) is 31.2 Å². The number of amides is 1. The first-order chi connectivity index (χ1) is 10.9. The van der Waals surface area contributed by atoms with Crippen LogP contribution in [0, 0.1) is 30.6 Å². The third-order valence-corrected chi connectivity index (χ3v) is 5.59. The van der Waals surface area contributed by atoms with Gasteiger partial charge in [0.1, 0.15) is 5.56 Å². The van der Waals surface area contributed by atoms with Crippen molar-refractivity contribution in [2.75, 3.05) is 0 Å². The minimum atomic E-state index is -0.552. The predicted molar refractivity (Wildman–Crippen MR) is 89.7 cm³/mol. The van der Waals surface area contributed by atoms with Crippen LogP contribution in [0.4, 0.5) is 4.39 Å². The van der Waals surface area contributed by atoms with Crippen LogP contribution < -0.4 is 5.32 Å². The minimum absolute atomic E-state index is 0.0924. The first-order valence-corrected chi connectivity index (χ1v) is 8.92. The molecular formula is C18H30FN3O. The molecule has 1 saturated carbocycles. The molecule has 0 bridgehead atoms. The molecule has 2 rings (SSSR count). The van der Waals surface area contributed by atoms with Crippen molar-refractivity contribution < 1.29 is 9.18 Å². The SMILES string of the molecule is CCC1CC(CC)C(NC(=O)c2c(C)nn(C)c2F)C(CC)C1. The maximum Gasteiger partial charge on any atom is 0.258 e. The topological polar surface area (TPSA) is 46.9 Å². The number of nitrogens with one attached hydrogen (secondary N) is 1. The second-order valence-corrected chi connectivity index (χ2v) is 6.96. The zero-order valence-corrected chi connectivity index (χ0v) is 15.0. The van der Waals surface area contributed by atoms with Crippen molar-refractivity contribution in [3.8, 4) is 0 Å². The summed E-state index contributed by atoms with van der Waals surface area (Å²) in [7, 11) is 1.52. The lowest BCUT2D eigenvalue weighted by Gasteiger charge is -2.42. The van der Waals surface area contributed by atoms with Crippen molar-refractivity contribution in [1.82, 2.24) is 15.1 Å². The summed E-state index contributed by atoms with van der Waals surface area (Å²) in [5, 5.41) is 7.15. The Morgan fingerprint density at radius 3 is 2.17 bits per heavy atom. The van der Waals surface area contributed by atoms with Crippen LogP contribution in [0.1, 0.15) is 68.9 Å². The first-order valence-electron chi connectivity index (χ1n) is 8.92. The molecular weight excluding hydrogens is 293 g/mol. The van der Waals surface area contributed by atoms with Crippen LogP contribution in [0.2, 0.25) is 0 Å². The maximum absolute atomic E-state index is 14.1. The van der Waals surface area contributed by atoms with E-state index in [0.29, 0.717) is 17.5 Å². The summed E-state index contributed by atoms with van der Waals surface area (Å²) in [5.41, 5.74) is 0.542. The monoisotopic (exact) mass is 323 g/mol. The zero-order chi connectivity index (χ0) is 17.1. The molecule has 1 aliphatic carbocycles. The lowest BCUT2D eigenvalue weighted by Crippen LogP contribution is -2.49. The molecule has 1 N–H and O–H groups in total. The molecule has 1 aliphatic rings. The Morgan fingerprint density at radius 1 is 1.22 bits per heavy atom. The zero-order valence-electron chi connectivity index (χ0n) is 15.0. The van der Waals surface area contributed by atoms with Crippen LogP contribution in [0.3, 0.4) is 0 Å². The van der Waals surface area contributed by atoms with Crippen LogP contribution in [0.5, 0.6) is 0 Å². The van der Waals surface area contributed by atoms with Gasteiger partial charge in [-0.3, -0.25) is 4.79 Å². The second kappa shape index (κ2) is 7.45. The van der Waals surface area contributed by atoms with Crippen molar-refractivity contribution in [2.45, 2.75) is 65.8 Å². The molecule has 2 unspecified atom stereocenters. The van der Waals surface area contributed by atoms with Gasteiger partial charge in [0, 0.05) is 13.1 Å². The number of aryl methyl sites for hydroxylation is 2. The van der Waals surface area contributed by atoms with Crippen LogP contribution in [-0.2, 0) is 7.05 Å². The lowest BCUT2D eigenvalue weighted by molar-refractivity contribution is 0.0793. The average Bonchev–Trinajstić information content (AvgIpc) is 2.79. The van der Waals surface area contributed by atoms with Gasteiger partial charge >= 0.3 is 0 Å². The van der Waals surface area contributed by atoms with E-state index < -0.39 is 5.95 Å². The van der Waals surface area contributed by atoms with Gasteiger partial charge in [-0.25, -0.2) is 4.68 Å². The Bertz CT molecular complexity index is 541. The average molecular weight is 323 g/mol. The Labute approximate surface area is 138 Å². The highest BCUT2D eigenvalue weighted by molar-refractivity contribution is 5.95. The van der Waals surface area contributed by atoms with Crippen molar-refractivity contribution in [3.05, 3.63) is 17.2 Å². The van der Waals surface area contributed by atoms with E-state index in [1.807, 2.05) is 0 Å². The molecule has 23 heavy (non-hydrogen) atoms. The summed E-state index contributed by atoms with van der Waals surface area (Å²) in [6.07, 6.45) is 5.61. The molecule has 1 aromatic rings. The van der Waals surface area contributed by atoms with E-state index in [-0.39, 0.29) is 17.5 Å². The third-order valence-electron chi connectivity index (χ3n) is 5.59. The Morgan fingerprint density at radius 2 is 1.78 bits per heavy atom. The van der Waals surface area contributed by atoms with E-state index in [4.69, 9.17) is 0 Å². The minimum Gasteiger partial charge on any atom is -0.349 e. The van der Waals surface area contributed by atoms with Crippen molar-refractivity contribution >= 4 is 5.91 Å². The standard InChI is InChI=1S/C18H30FN3O/c1-6-12-9-13(7-2)16(14(8-3)10-12)20-18(23)15-11(4)21-22(5)17(15)19/h12-14,16H,6-10H2,1-5H3,(H,20,23). The van der Waals surface area contributed by atoms with Crippen molar-refractivity contribution in [1.29, 1.82) is 0 Å². The Hall–Kier alpha value is -1.39. The number of halogens is 1. The van der Waals surface area contributed by atoms with Gasteiger partial charge in [-0.1, -0.05) is 40.0 Å². The predicted octanol–water partition coefficient (Wildman–Crippen LogP) is 3.84. The summed E-state index contributed by atoms with van der Waals surface area (Å²) in [6, 6.07) is 0.138. The van der Waals surface area contributed by atoms with Crippen LogP contribution >= 0.6 is 0 Å². The molecule has 130 valence electrons. The molecule has 0 radical (unpaired) electrons. The summed E-state index contributed by atoms with van der Waals surface area (Å²) < 4.78 is 15.3. The van der Waals surface area contributed by atoms with E-state index in [1.54, 1.807) is 6.92 Å². The maximum atomic E-state index is 14.1. The van der Waals surface area contributed by atoms with Gasteiger partial charge in [0.25, 0.3) is 5.91 Å². The number of aromatic nitrogens is 2. The van der Waals surface area contributed by atoms with Crippen LogP contribution in [-0.4, -0.2) is 21.7 Å². The molecule has 0 aromatic carbocycles. The Kier molecular flexibility index (Phi) is 5.82. The Balaban J connectivity index is 2.20. The summed E-state index contributed by atoms with van der Waals surface area (Å²) in [4.78, 5) is 12.6. The summed E-state index contributed by atoms with van der Waals surface area (Å²) >= 11 is 0. The fourth-order valence-corrected chi connectivity index (χ4v) is 4.15. The van der Waals surface area contributed by atoms with Gasteiger partial charge < -0.3 is 5.32 Å². The van der Waals surface area contributed by atoms with Crippen LogP contribution in [0.25, 0.3) is 0 Å². The summed E-state index contributed by atoms with van der Waals surface area (Å²) in [5.74, 6) is 0.827. The molecule has 4 nitrogen and oxygen atoms in total. The fourth-order valence-electron chi connectivity index (χ4n) is 4.15. The van der Waals surface area contributed by atoms with Crippen molar-refractivity contribution in [3.63, 3.8) is 0 Å². The largest absolute Gasteiger partial charge is 0.349 e. The fraction of sp³-hybridized carbons (Fsp3) is 0.778. The first kappa shape index (κ1) is 18.0. The number of carbonyl (C=O) groups excluding carboxylic acids is 1.